The van der Waals surface area contributed by atoms with Gasteiger partial charge in [0.15, 0.2) is 0 Å². The van der Waals surface area contributed by atoms with Crippen LogP contribution in [0.2, 0.25) is 0 Å². The molecule has 0 aliphatic heterocycles. The summed E-state index contributed by atoms with van der Waals surface area (Å²) in [5.41, 5.74) is 1.08. The quantitative estimate of drug-likeness (QED) is 0.196. The molecule has 0 saturated heterocycles. The summed E-state index contributed by atoms with van der Waals surface area (Å²) >= 11 is 0. The van der Waals surface area contributed by atoms with E-state index in [-0.39, 0.29) is 19.8 Å². The van der Waals surface area contributed by atoms with Crippen LogP contribution in [0.25, 0.3) is 0 Å². The van der Waals surface area contributed by atoms with Crippen molar-refractivity contribution in [1.29, 1.82) is 0 Å². The highest BCUT2D eigenvalue weighted by molar-refractivity contribution is 5.96. The van der Waals surface area contributed by atoms with Crippen LogP contribution in [-0.4, -0.2) is 91.6 Å². The fourth-order valence-corrected chi connectivity index (χ4v) is 3.49. The van der Waals surface area contributed by atoms with Crippen LogP contribution in [0, 0.1) is 0 Å². The van der Waals surface area contributed by atoms with Crippen LogP contribution in [0.3, 0.4) is 0 Å². The smallest absolute Gasteiger partial charge is 0.322 e. The Bertz CT molecular complexity index is 709. The maximum Gasteiger partial charge on any atom is 0.322 e. The van der Waals surface area contributed by atoms with Crippen molar-refractivity contribution in [2.75, 3.05) is 51.4 Å². The third-order valence-corrected chi connectivity index (χ3v) is 5.36. The lowest BCUT2D eigenvalue weighted by Crippen LogP contribution is -2.29. The first-order valence-corrected chi connectivity index (χ1v) is 11.9. The number of ether oxygens (including phenoxy) is 3. The first kappa shape index (κ1) is 28.0. The third kappa shape index (κ3) is 12.3. The number of anilines is 1. The number of carboxylic acid groups (broad SMARTS) is 1. The number of unbranched alkanes of at least 4 members (excludes halogenated alkanes) is 1. The molecule has 0 radical (unpaired) electrons. The molecule has 10 nitrogen and oxygen atoms in total. The second-order valence-corrected chi connectivity index (χ2v) is 8.44. The van der Waals surface area contributed by atoms with E-state index in [1.165, 1.54) is 12.8 Å². The second-order valence-electron chi connectivity index (χ2n) is 8.44. The molecule has 1 aromatic carbocycles. The lowest BCUT2D eigenvalue weighted by Gasteiger charge is -2.15. The first-order valence-electron chi connectivity index (χ1n) is 11.9. The molecule has 10 heteroatoms. The van der Waals surface area contributed by atoms with Crippen LogP contribution in [-0.2, 0) is 19.0 Å². The number of rotatable bonds is 18. The molecule has 0 bridgehead atoms. The Kier molecular flexibility index (Phi) is 13.5. The Labute approximate surface area is 200 Å². The average molecular weight is 483 g/mol. The molecule has 1 fully saturated rings. The van der Waals surface area contributed by atoms with Gasteiger partial charge in [0.2, 0.25) is 0 Å². The number of carbonyl (C=O) groups excluding carboxylic acids is 1. The number of hydrogen-bond donors (Lipinski definition) is 5. The second kappa shape index (κ2) is 16.4. The van der Waals surface area contributed by atoms with Crippen LogP contribution in [0.15, 0.2) is 24.3 Å². The van der Waals surface area contributed by atoms with Crippen LogP contribution in [0.4, 0.5) is 5.69 Å². The van der Waals surface area contributed by atoms with Gasteiger partial charge in [-0.15, -0.1) is 0 Å². The van der Waals surface area contributed by atoms with Gasteiger partial charge in [-0.25, -0.2) is 0 Å². The Morgan fingerprint density at radius 1 is 0.941 bits per heavy atom. The Morgan fingerprint density at radius 2 is 1.56 bits per heavy atom. The molecule has 2 atom stereocenters. The number of carbonyl (C=O) groups is 2. The van der Waals surface area contributed by atoms with Gasteiger partial charge in [0.25, 0.3) is 5.91 Å². The molecule has 0 spiro atoms. The standard InChI is InChI=1S/C24H38N2O8/c27-20(13-25-19-9-7-18(8-10-19)24(31)26-14-23(29)30)15-32-11-3-4-12-33-16-21(28)17-34-22-5-1-2-6-22/h7-10,20-22,25,27-28H,1-6,11-17H2,(H,26,31)(H,29,30). The fourth-order valence-electron chi connectivity index (χ4n) is 3.49. The van der Waals surface area contributed by atoms with Crippen molar-refractivity contribution in [3.05, 3.63) is 29.8 Å². The van der Waals surface area contributed by atoms with Crippen molar-refractivity contribution in [3.8, 4) is 0 Å². The van der Waals surface area contributed by atoms with E-state index in [1.807, 2.05) is 0 Å². The normalized spacial score (nSPS) is 15.7. The summed E-state index contributed by atoms with van der Waals surface area (Å²) in [4.78, 5) is 22.3. The Morgan fingerprint density at radius 3 is 2.18 bits per heavy atom. The van der Waals surface area contributed by atoms with Gasteiger partial charge >= 0.3 is 5.97 Å². The molecule has 1 aromatic rings. The molecule has 1 aliphatic carbocycles. The molecule has 0 heterocycles. The van der Waals surface area contributed by atoms with Gasteiger partial charge in [0.1, 0.15) is 12.6 Å². The van der Waals surface area contributed by atoms with E-state index < -0.39 is 30.6 Å². The summed E-state index contributed by atoms with van der Waals surface area (Å²) in [5, 5.41) is 33.9. The Balaban J connectivity index is 1.43. The number of amides is 1. The number of carboxylic acids is 1. The maximum absolute atomic E-state index is 11.8. The zero-order valence-corrected chi connectivity index (χ0v) is 19.6. The van der Waals surface area contributed by atoms with Crippen molar-refractivity contribution in [3.63, 3.8) is 0 Å². The lowest BCUT2D eigenvalue weighted by atomic mass is 10.2. The monoisotopic (exact) mass is 482 g/mol. The number of aliphatic hydroxyl groups excluding tert-OH is 2. The van der Waals surface area contributed by atoms with Crippen molar-refractivity contribution in [2.24, 2.45) is 0 Å². The Hall–Kier alpha value is -2.24. The van der Waals surface area contributed by atoms with Crippen molar-refractivity contribution in [2.45, 2.75) is 56.8 Å². The molecule has 2 rings (SSSR count). The highest BCUT2D eigenvalue weighted by Crippen LogP contribution is 2.20. The zero-order chi connectivity index (χ0) is 24.6. The zero-order valence-electron chi connectivity index (χ0n) is 19.6. The lowest BCUT2D eigenvalue weighted by molar-refractivity contribution is -0.135. The summed E-state index contributed by atoms with van der Waals surface area (Å²) in [7, 11) is 0. The summed E-state index contributed by atoms with van der Waals surface area (Å²) in [6.45, 7) is 1.69. The van der Waals surface area contributed by atoms with Gasteiger partial charge in [0.05, 0.1) is 32.0 Å². The minimum absolute atomic E-state index is 0.195. The van der Waals surface area contributed by atoms with Gasteiger partial charge in [-0.05, 0) is 49.9 Å². The van der Waals surface area contributed by atoms with E-state index in [0.717, 1.165) is 31.4 Å². The molecular weight excluding hydrogens is 444 g/mol. The van der Waals surface area contributed by atoms with Crippen LogP contribution in [0.5, 0.6) is 0 Å². The van der Waals surface area contributed by atoms with E-state index in [1.54, 1.807) is 24.3 Å². The molecule has 1 saturated carbocycles. The molecule has 2 unspecified atom stereocenters. The van der Waals surface area contributed by atoms with Crippen molar-refractivity contribution < 1.29 is 39.1 Å². The largest absolute Gasteiger partial charge is 0.480 e. The summed E-state index contributed by atoms with van der Waals surface area (Å²) in [6.07, 6.45) is 5.20. The number of aliphatic hydroxyl groups is 2. The van der Waals surface area contributed by atoms with Gasteiger partial charge in [-0.2, -0.15) is 0 Å². The van der Waals surface area contributed by atoms with Crippen LogP contribution in [0.1, 0.15) is 48.9 Å². The average Bonchev–Trinajstić information content (AvgIpc) is 3.35. The summed E-state index contributed by atoms with van der Waals surface area (Å²) < 4.78 is 16.6. The fraction of sp³-hybridized carbons (Fsp3) is 0.667. The number of aliphatic carboxylic acids is 1. The molecule has 5 N–H and O–H groups in total. The molecular formula is C24H38N2O8. The van der Waals surface area contributed by atoms with Gasteiger partial charge < -0.3 is 40.2 Å². The van der Waals surface area contributed by atoms with E-state index in [0.29, 0.717) is 31.5 Å². The van der Waals surface area contributed by atoms with Gasteiger partial charge in [-0.3, -0.25) is 9.59 Å². The number of benzene rings is 1. The highest BCUT2D eigenvalue weighted by Gasteiger charge is 2.17. The minimum Gasteiger partial charge on any atom is -0.480 e. The third-order valence-electron chi connectivity index (χ3n) is 5.36. The van der Waals surface area contributed by atoms with Crippen molar-refractivity contribution in [1.82, 2.24) is 5.32 Å². The van der Waals surface area contributed by atoms with E-state index in [2.05, 4.69) is 10.6 Å². The van der Waals surface area contributed by atoms with E-state index in [4.69, 9.17) is 19.3 Å². The first-order chi connectivity index (χ1) is 16.4. The highest BCUT2D eigenvalue weighted by atomic mass is 16.5. The molecule has 192 valence electrons. The predicted molar refractivity (Wildman–Crippen MR) is 126 cm³/mol. The molecule has 1 aliphatic rings. The topological polar surface area (TPSA) is 147 Å². The van der Waals surface area contributed by atoms with E-state index >= 15 is 0 Å². The minimum atomic E-state index is -1.11. The van der Waals surface area contributed by atoms with Gasteiger partial charge in [0, 0.05) is 31.0 Å². The number of hydrogen-bond acceptors (Lipinski definition) is 8. The molecule has 34 heavy (non-hydrogen) atoms. The van der Waals surface area contributed by atoms with Crippen molar-refractivity contribution >= 4 is 17.6 Å². The molecule has 1 amide bonds. The summed E-state index contributed by atoms with van der Waals surface area (Å²) in [5.74, 6) is -1.57. The SMILES string of the molecule is O=C(O)CNC(=O)c1ccc(NCC(O)COCCCCOCC(O)COC2CCCC2)cc1. The molecule has 0 aromatic heterocycles. The van der Waals surface area contributed by atoms with Crippen LogP contribution < -0.4 is 10.6 Å². The van der Waals surface area contributed by atoms with Crippen LogP contribution >= 0.6 is 0 Å². The predicted octanol–water partition coefficient (Wildman–Crippen LogP) is 1.41. The van der Waals surface area contributed by atoms with E-state index in [9.17, 15) is 19.8 Å². The summed E-state index contributed by atoms with van der Waals surface area (Å²) in [6, 6.07) is 6.51. The maximum atomic E-state index is 11.8. The van der Waals surface area contributed by atoms with Gasteiger partial charge in [-0.1, -0.05) is 12.8 Å². The number of nitrogens with one attached hydrogen (secondary N) is 2.